The number of hydrogen-bond donors (Lipinski definition) is 2. The van der Waals surface area contributed by atoms with Crippen LogP contribution in [0.5, 0.6) is 0 Å². The smallest absolute Gasteiger partial charge is 0.242 e. The molecule has 1 fully saturated rings. The molecular weight excluding hydrogens is 293 g/mol. The van der Waals surface area contributed by atoms with Gasteiger partial charge < -0.3 is 5.11 Å². The van der Waals surface area contributed by atoms with Gasteiger partial charge in [0.25, 0.3) is 0 Å². The number of halogens is 2. The normalized spacial score (nSPS) is 24.4. The van der Waals surface area contributed by atoms with E-state index in [1.165, 1.54) is 0 Å². The molecule has 7 heteroatoms. The second kappa shape index (κ2) is 5.75. The van der Waals surface area contributed by atoms with E-state index in [2.05, 4.69) is 4.72 Å². The van der Waals surface area contributed by atoms with E-state index in [0.717, 1.165) is 31.0 Å². The summed E-state index contributed by atoms with van der Waals surface area (Å²) in [6.45, 7) is 0. The van der Waals surface area contributed by atoms with Crippen molar-refractivity contribution in [3.8, 4) is 0 Å². The van der Waals surface area contributed by atoms with Gasteiger partial charge in [0, 0.05) is 6.04 Å². The number of nitrogens with one attached hydrogen (secondary N) is 1. The van der Waals surface area contributed by atoms with Gasteiger partial charge in [-0.3, -0.25) is 0 Å². The minimum Gasteiger partial charge on any atom is -0.391 e. The molecule has 0 radical (unpaired) electrons. The Kier molecular flexibility index (Phi) is 4.45. The van der Waals surface area contributed by atoms with E-state index in [-0.39, 0.29) is 9.92 Å². The number of hydrogen-bond acceptors (Lipinski definition) is 3. The van der Waals surface area contributed by atoms with Crippen LogP contribution in [0.15, 0.2) is 23.1 Å². The Balaban J connectivity index is 2.22. The molecule has 0 aliphatic heterocycles. The number of rotatable bonds is 3. The van der Waals surface area contributed by atoms with Gasteiger partial charge in [0.05, 0.1) is 11.1 Å². The van der Waals surface area contributed by atoms with Gasteiger partial charge in [0.2, 0.25) is 10.0 Å². The fraction of sp³-hybridized carbons (Fsp3) is 0.500. The van der Waals surface area contributed by atoms with Crippen LogP contribution in [0, 0.1) is 5.82 Å². The van der Waals surface area contributed by atoms with Crippen LogP contribution in [0.3, 0.4) is 0 Å². The van der Waals surface area contributed by atoms with Crippen LogP contribution in [0.25, 0.3) is 0 Å². The van der Waals surface area contributed by atoms with Gasteiger partial charge in [-0.15, -0.1) is 0 Å². The maximum Gasteiger partial charge on any atom is 0.242 e. The first-order chi connectivity index (χ1) is 8.90. The molecule has 1 aromatic rings. The Morgan fingerprint density at radius 3 is 2.63 bits per heavy atom. The summed E-state index contributed by atoms with van der Waals surface area (Å²) in [4.78, 5) is -0.173. The average molecular weight is 308 g/mol. The second-order valence-electron chi connectivity index (χ2n) is 4.65. The van der Waals surface area contributed by atoms with Crippen molar-refractivity contribution >= 4 is 21.6 Å². The van der Waals surface area contributed by atoms with Gasteiger partial charge in [-0.1, -0.05) is 24.4 Å². The maximum absolute atomic E-state index is 12.9. The Morgan fingerprint density at radius 1 is 1.32 bits per heavy atom. The van der Waals surface area contributed by atoms with Crippen LogP contribution in [0.1, 0.15) is 25.7 Å². The summed E-state index contributed by atoms with van der Waals surface area (Å²) in [5.74, 6) is -0.596. The Labute approximate surface area is 116 Å². The van der Waals surface area contributed by atoms with E-state index < -0.39 is 28.0 Å². The highest BCUT2D eigenvalue weighted by Crippen LogP contribution is 2.25. The lowest BCUT2D eigenvalue weighted by atomic mass is 9.93. The van der Waals surface area contributed by atoms with Crippen molar-refractivity contribution in [2.45, 2.75) is 42.7 Å². The SMILES string of the molecule is O=S(=O)(N[C@@H]1CCCC[C@H]1O)c1ccc(F)cc1Cl. The molecule has 0 bridgehead atoms. The van der Waals surface area contributed by atoms with Crippen molar-refractivity contribution in [3.63, 3.8) is 0 Å². The molecule has 1 aliphatic rings. The van der Waals surface area contributed by atoms with Crippen molar-refractivity contribution in [1.29, 1.82) is 0 Å². The highest BCUT2D eigenvalue weighted by Gasteiger charge is 2.29. The highest BCUT2D eigenvalue weighted by atomic mass is 35.5. The monoisotopic (exact) mass is 307 g/mol. The molecule has 1 saturated carbocycles. The topological polar surface area (TPSA) is 66.4 Å². The molecule has 106 valence electrons. The molecule has 2 rings (SSSR count). The summed E-state index contributed by atoms with van der Waals surface area (Å²) in [6.07, 6.45) is 2.21. The molecule has 1 aliphatic carbocycles. The van der Waals surface area contributed by atoms with Crippen LogP contribution in [0.4, 0.5) is 4.39 Å². The fourth-order valence-electron chi connectivity index (χ4n) is 2.20. The molecule has 0 amide bonds. The molecule has 0 unspecified atom stereocenters. The van der Waals surface area contributed by atoms with Crippen molar-refractivity contribution in [2.75, 3.05) is 0 Å². The summed E-state index contributed by atoms with van der Waals surface area (Å²) in [6, 6.07) is 2.60. The van der Waals surface area contributed by atoms with Gasteiger partial charge in [0.15, 0.2) is 0 Å². The zero-order valence-corrected chi connectivity index (χ0v) is 11.7. The van der Waals surface area contributed by atoms with Crippen molar-refractivity contribution in [3.05, 3.63) is 29.0 Å². The van der Waals surface area contributed by atoms with Crippen molar-refractivity contribution < 1.29 is 17.9 Å². The minimum atomic E-state index is -3.85. The predicted octanol–water partition coefficient (Wildman–Crippen LogP) is 2.06. The lowest BCUT2D eigenvalue weighted by Crippen LogP contribution is -2.45. The first-order valence-corrected chi connectivity index (χ1v) is 7.92. The molecule has 0 saturated heterocycles. The summed E-state index contributed by atoms with van der Waals surface area (Å²) in [5.41, 5.74) is 0. The first kappa shape index (κ1) is 14.7. The van der Waals surface area contributed by atoms with Gasteiger partial charge in [-0.05, 0) is 31.0 Å². The Morgan fingerprint density at radius 2 is 2.00 bits per heavy atom. The van der Waals surface area contributed by atoms with Crippen molar-refractivity contribution in [1.82, 2.24) is 4.72 Å². The molecule has 0 aromatic heterocycles. The quantitative estimate of drug-likeness (QED) is 0.898. The molecule has 4 nitrogen and oxygen atoms in total. The standard InChI is InChI=1S/C12H15ClFNO3S/c13-9-7-8(14)5-6-12(9)19(17,18)15-10-3-1-2-4-11(10)16/h5-7,10-11,15-16H,1-4H2/t10-,11-/m1/s1. The van der Waals surface area contributed by atoms with Crippen molar-refractivity contribution in [2.24, 2.45) is 0 Å². The Bertz CT molecular complexity index is 564. The predicted molar refractivity (Wildman–Crippen MR) is 70.0 cm³/mol. The van der Waals surface area contributed by atoms with Crippen LogP contribution in [-0.2, 0) is 10.0 Å². The van der Waals surface area contributed by atoms with Gasteiger partial charge in [0.1, 0.15) is 10.7 Å². The number of aliphatic hydroxyl groups is 1. The third-order valence-electron chi connectivity index (χ3n) is 3.22. The average Bonchev–Trinajstić information content (AvgIpc) is 2.31. The van der Waals surface area contributed by atoms with E-state index in [0.29, 0.717) is 12.8 Å². The fourth-order valence-corrected chi connectivity index (χ4v) is 4.04. The van der Waals surface area contributed by atoms with E-state index in [1.807, 2.05) is 0 Å². The summed E-state index contributed by atoms with van der Waals surface area (Å²) in [5, 5.41) is 9.60. The maximum atomic E-state index is 12.9. The van der Waals surface area contributed by atoms with E-state index in [9.17, 15) is 17.9 Å². The van der Waals surface area contributed by atoms with Crippen LogP contribution >= 0.6 is 11.6 Å². The molecule has 0 spiro atoms. The molecular formula is C12H15ClFNO3S. The second-order valence-corrected chi connectivity index (χ2v) is 6.74. The highest BCUT2D eigenvalue weighted by molar-refractivity contribution is 7.89. The van der Waals surface area contributed by atoms with Crippen LogP contribution in [-0.4, -0.2) is 25.7 Å². The number of sulfonamides is 1. The lowest BCUT2D eigenvalue weighted by Gasteiger charge is -2.28. The third-order valence-corrected chi connectivity index (χ3v) is 5.19. The summed E-state index contributed by atoms with van der Waals surface area (Å²) >= 11 is 5.75. The zero-order chi connectivity index (χ0) is 14.0. The van der Waals surface area contributed by atoms with Crippen LogP contribution < -0.4 is 4.72 Å². The first-order valence-electron chi connectivity index (χ1n) is 6.05. The zero-order valence-electron chi connectivity index (χ0n) is 10.1. The number of benzene rings is 1. The van der Waals surface area contributed by atoms with Gasteiger partial charge >= 0.3 is 0 Å². The lowest BCUT2D eigenvalue weighted by molar-refractivity contribution is 0.101. The molecule has 2 atom stereocenters. The largest absolute Gasteiger partial charge is 0.391 e. The molecule has 19 heavy (non-hydrogen) atoms. The summed E-state index contributed by atoms with van der Waals surface area (Å²) in [7, 11) is -3.85. The molecule has 1 aromatic carbocycles. The molecule has 2 N–H and O–H groups in total. The van der Waals surface area contributed by atoms with E-state index in [1.54, 1.807) is 0 Å². The number of aliphatic hydroxyl groups excluding tert-OH is 1. The minimum absolute atomic E-state index is 0.169. The van der Waals surface area contributed by atoms with Crippen LogP contribution in [0.2, 0.25) is 5.02 Å². The van der Waals surface area contributed by atoms with E-state index in [4.69, 9.17) is 11.6 Å². The molecule has 0 heterocycles. The third kappa shape index (κ3) is 3.45. The Hall–Kier alpha value is -0.690. The van der Waals surface area contributed by atoms with E-state index >= 15 is 0 Å². The van der Waals surface area contributed by atoms with Gasteiger partial charge in [-0.25, -0.2) is 17.5 Å². The summed E-state index contributed by atoms with van der Waals surface area (Å²) < 4.78 is 39.7. The van der Waals surface area contributed by atoms with Gasteiger partial charge in [-0.2, -0.15) is 0 Å².